The van der Waals surface area contributed by atoms with Gasteiger partial charge in [-0.05, 0) is 43.2 Å². The highest BCUT2D eigenvalue weighted by Gasteiger charge is 2.30. The van der Waals surface area contributed by atoms with Crippen LogP contribution in [0.5, 0.6) is 0 Å². The Kier molecular flexibility index (Phi) is 3.38. The van der Waals surface area contributed by atoms with Gasteiger partial charge in [0.2, 0.25) is 5.91 Å². The van der Waals surface area contributed by atoms with Crippen molar-refractivity contribution >= 4 is 34.8 Å². The van der Waals surface area contributed by atoms with Crippen molar-refractivity contribution in [2.24, 2.45) is 0 Å². The molecule has 0 fully saturated rings. The van der Waals surface area contributed by atoms with Crippen molar-refractivity contribution in [2.75, 3.05) is 11.1 Å². The van der Waals surface area contributed by atoms with Crippen LogP contribution in [0.2, 0.25) is 0 Å². The monoisotopic (exact) mass is 307 g/mol. The number of aromatic nitrogens is 2. The van der Waals surface area contributed by atoms with Crippen LogP contribution in [0.3, 0.4) is 0 Å². The second kappa shape index (κ2) is 4.93. The van der Waals surface area contributed by atoms with E-state index in [-0.39, 0.29) is 16.7 Å². The topological polar surface area (TPSA) is 46.9 Å². The number of thiophene rings is 1. The predicted molar refractivity (Wildman–Crippen MR) is 84.5 cm³/mol. The van der Waals surface area contributed by atoms with E-state index in [1.54, 1.807) is 23.1 Å². The highest BCUT2D eigenvalue weighted by molar-refractivity contribution is 8.00. The fourth-order valence-corrected chi connectivity index (χ4v) is 4.16. The van der Waals surface area contributed by atoms with Gasteiger partial charge in [0.05, 0.1) is 22.7 Å². The minimum atomic E-state index is -0.158. The van der Waals surface area contributed by atoms with Gasteiger partial charge in [0.1, 0.15) is 5.82 Å². The summed E-state index contributed by atoms with van der Waals surface area (Å²) in [5.41, 5.74) is 2.18. The summed E-state index contributed by atoms with van der Waals surface area (Å²) < 4.78 is 1.91. The molecule has 1 aliphatic rings. The van der Waals surface area contributed by atoms with E-state index in [1.807, 2.05) is 10.9 Å². The third-order valence-electron chi connectivity index (χ3n) is 3.20. The molecule has 2 aromatic heterocycles. The summed E-state index contributed by atoms with van der Waals surface area (Å²) in [5, 5.41) is 11.9. The van der Waals surface area contributed by atoms with E-state index in [4.69, 9.17) is 0 Å². The third-order valence-corrected chi connectivity index (χ3v) is 5.19. The lowest BCUT2D eigenvalue weighted by atomic mass is 10.1. The molecule has 0 saturated heterocycles. The third kappa shape index (κ3) is 2.38. The molecule has 20 heavy (non-hydrogen) atoms. The normalized spacial score (nSPS) is 19.4. The summed E-state index contributed by atoms with van der Waals surface area (Å²) in [6.45, 7) is 6.26. The van der Waals surface area contributed by atoms with Gasteiger partial charge in [0.15, 0.2) is 0 Å². The minimum Gasteiger partial charge on any atom is -0.310 e. The fourth-order valence-electron chi connectivity index (χ4n) is 2.30. The van der Waals surface area contributed by atoms with Gasteiger partial charge in [0.25, 0.3) is 0 Å². The van der Waals surface area contributed by atoms with Gasteiger partial charge in [-0.1, -0.05) is 0 Å². The standard InChI is InChI=1S/C14H17N3OS2/c1-14(2,3)17-13-10(6-15-17)12(9-4-5-19-7-9)20-8-11(18)16-13/h4-7,12H,8H2,1-3H3,(H,16,18)/t12-/m0/s1. The van der Waals surface area contributed by atoms with Crippen molar-refractivity contribution in [2.45, 2.75) is 31.6 Å². The number of carbonyl (C=O) groups is 1. The Morgan fingerprint density at radius 2 is 2.25 bits per heavy atom. The van der Waals surface area contributed by atoms with Gasteiger partial charge in [0, 0.05) is 5.56 Å². The van der Waals surface area contributed by atoms with Crippen molar-refractivity contribution in [3.05, 3.63) is 34.2 Å². The van der Waals surface area contributed by atoms with E-state index in [2.05, 4.69) is 48.0 Å². The van der Waals surface area contributed by atoms with Crippen molar-refractivity contribution in [1.82, 2.24) is 9.78 Å². The van der Waals surface area contributed by atoms with E-state index in [0.29, 0.717) is 5.75 Å². The largest absolute Gasteiger partial charge is 0.310 e. The lowest BCUT2D eigenvalue weighted by Crippen LogP contribution is -2.27. The molecule has 0 spiro atoms. The maximum Gasteiger partial charge on any atom is 0.235 e. The highest BCUT2D eigenvalue weighted by Crippen LogP contribution is 2.42. The molecule has 1 amide bonds. The van der Waals surface area contributed by atoms with Gasteiger partial charge in [-0.3, -0.25) is 4.79 Å². The average molecular weight is 307 g/mol. The summed E-state index contributed by atoms with van der Waals surface area (Å²) in [4.78, 5) is 12.0. The summed E-state index contributed by atoms with van der Waals surface area (Å²) in [6.07, 6.45) is 1.89. The van der Waals surface area contributed by atoms with Crippen molar-refractivity contribution in [1.29, 1.82) is 0 Å². The molecule has 106 valence electrons. The Labute approximate surface area is 126 Å². The van der Waals surface area contributed by atoms with Crippen molar-refractivity contribution in [3.63, 3.8) is 0 Å². The second-order valence-corrected chi connectivity index (χ2v) is 7.70. The van der Waals surface area contributed by atoms with Crippen molar-refractivity contribution < 1.29 is 4.79 Å². The second-order valence-electron chi connectivity index (χ2n) is 5.83. The number of anilines is 1. The highest BCUT2D eigenvalue weighted by atomic mass is 32.2. The van der Waals surface area contributed by atoms with Gasteiger partial charge in [-0.25, -0.2) is 4.68 Å². The lowest BCUT2D eigenvalue weighted by molar-refractivity contribution is -0.113. The molecule has 6 heteroatoms. The number of nitrogens with zero attached hydrogens (tertiary/aromatic N) is 2. The average Bonchev–Trinajstić information content (AvgIpc) is 2.97. The Bertz CT molecular complexity index is 625. The van der Waals surface area contributed by atoms with Crippen LogP contribution in [0.25, 0.3) is 0 Å². The molecule has 1 N–H and O–H groups in total. The molecule has 0 aliphatic carbocycles. The SMILES string of the molecule is CC(C)(C)n1ncc2c1NC(=O)CS[C@H]2c1ccsc1. The zero-order valence-corrected chi connectivity index (χ0v) is 13.3. The summed E-state index contributed by atoms with van der Waals surface area (Å²) >= 11 is 3.34. The number of nitrogens with one attached hydrogen (secondary N) is 1. The number of hydrogen-bond acceptors (Lipinski definition) is 4. The van der Waals surface area contributed by atoms with Crippen molar-refractivity contribution in [3.8, 4) is 0 Å². The molecule has 0 radical (unpaired) electrons. The van der Waals surface area contributed by atoms with Crippen LogP contribution in [0.4, 0.5) is 5.82 Å². The number of fused-ring (bicyclic) bond motifs is 1. The maximum absolute atomic E-state index is 12.0. The molecule has 1 atom stereocenters. The summed E-state index contributed by atoms with van der Waals surface area (Å²) in [6, 6.07) is 2.12. The minimum absolute atomic E-state index is 0.0416. The van der Waals surface area contributed by atoms with E-state index in [9.17, 15) is 4.79 Å². The fraction of sp³-hybridized carbons (Fsp3) is 0.429. The Morgan fingerprint density at radius 3 is 2.90 bits per heavy atom. The van der Waals surface area contributed by atoms with Gasteiger partial charge in [-0.2, -0.15) is 16.4 Å². The van der Waals surface area contributed by atoms with E-state index >= 15 is 0 Å². The molecular weight excluding hydrogens is 290 g/mol. The van der Waals surface area contributed by atoms with Gasteiger partial charge >= 0.3 is 0 Å². The van der Waals surface area contributed by atoms with Gasteiger partial charge < -0.3 is 5.32 Å². The number of amides is 1. The van der Waals surface area contributed by atoms with Crippen LogP contribution < -0.4 is 5.32 Å². The maximum atomic E-state index is 12.0. The van der Waals surface area contributed by atoms with Gasteiger partial charge in [-0.15, -0.1) is 11.8 Å². The first-order valence-electron chi connectivity index (χ1n) is 6.49. The Balaban J connectivity index is 2.12. The van der Waals surface area contributed by atoms with Crippen LogP contribution in [0.15, 0.2) is 23.0 Å². The molecule has 3 rings (SSSR count). The molecular formula is C14H17N3OS2. The molecule has 2 aromatic rings. The molecule has 0 bridgehead atoms. The summed E-state index contributed by atoms with van der Waals surface area (Å²) in [5.74, 6) is 1.35. The zero-order valence-electron chi connectivity index (χ0n) is 11.7. The van der Waals surface area contributed by atoms with Crippen LogP contribution >= 0.6 is 23.1 Å². The van der Waals surface area contributed by atoms with Crippen LogP contribution in [0.1, 0.15) is 37.1 Å². The number of rotatable bonds is 1. The number of hydrogen-bond donors (Lipinski definition) is 1. The molecule has 1 aliphatic heterocycles. The number of thioether (sulfide) groups is 1. The molecule has 0 aromatic carbocycles. The first-order chi connectivity index (χ1) is 9.47. The first kappa shape index (κ1) is 13.7. The predicted octanol–water partition coefficient (Wildman–Crippen LogP) is 3.47. The van der Waals surface area contributed by atoms with E-state index < -0.39 is 0 Å². The first-order valence-corrected chi connectivity index (χ1v) is 8.48. The quantitative estimate of drug-likeness (QED) is 0.877. The van der Waals surface area contributed by atoms with Crippen LogP contribution in [0, 0.1) is 0 Å². The van der Waals surface area contributed by atoms with E-state index in [1.165, 1.54) is 5.56 Å². The Hall–Kier alpha value is -1.27. The molecule has 0 saturated carbocycles. The summed E-state index contributed by atoms with van der Waals surface area (Å²) in [7, 11) is 0. The van der Waals surface area contributed by atoms with Crippen LogP contribution in [-0.4, -0.2) is 21.4 Å². The zero-order chi connectivity index (χ0) is 14.3. The molecule has 4 nitrogen and oxygen atoms in total. The van der Waals surface area contributed by atoms with E-state index in [0.717, 1.165) is 11.4 Å². The molecule has 3 heterocycles. The number of carbonyl (C=O) groups excluding carboxylic acids is 1. The van der Waals surface area contributed by atoms with Crippen LogP contribution in [-0.2, 0) is 10.3 Å². The Morgan fingerprint density at radius 1 is 1.45 bits per heavy atom. The molecule has 0 unspecified atom stereocenters. The lowest BCUT2D eigenvalue weighted by Gasteiger charge is -2.22. The smallest absolute Gasteiger partial charge is 0.235 e.